The molecule has 0 radical (unpaired) electrons. The number of nitrogens with zero attached hydrogens (tertiary/aromatic N) is 5. The first kappa shape index (κ1) is 26.3. The minimum atomic E-state index is -3.20. The van der Waals surface area contributed by atoms with Gasteiger partial charge in [0.25, 0.3) is 0 Å². The van der Waals surface area contributed by atoms with Crippen LogP contribution < -0.4 is 15.5 Å². The average molecular weight is 574 g/mol. The van der Waals surface area contributed by atoms with Gasteiger partial charge in [0, 0.05) is 71.5 Å². The summed E-state index contributed by atoms with van der Waals surface area (Å²) in [7, 11) is -1.46. The molecule has 32 heavy (non-hydrogen) atoms. The highest BCUT2D eigenvalue weighted by molar-refractivity contribution is 14.0. The molecule has 0 spiro atoms. The van der Waals surface area contributed by atoms with E-state index in [1.807, 2.05) is 25.1 Å². The van der Waals surface area contributed by atoms with Gasteiger partial charge in [-0.1, -0.05) is 12.1 Å². The van der Waals surface area contributed by atoms with E-state index >= 15 is 0 Å². The Labute approximate surface area is 207 Å². The summed E-state index contributed by atoms with van der Waals surface area (Å²) in [4.78, 5) is 17.9. The number of sulfone groups is 1. The van der Waals surface area contributed by atoms with Crippen LogP contribution in [-0.2, 0) is 16.4 Å². The van der Waals surface area contributed by atoms with Gasteiger partial charge in [-0.05, 0) is 30.2 Å². The molecular formula is C21H32IN7O2S. The van der Waals surface area contributed by atoms with Crippen molar-refractivity contribution in [2.24, 2.45) is 4.99 Å². The van der Waals surface area contributed by atoms with Crippen molar-refractivity contribution in [2.45, 2.75) is 18.4 Å². The highest BCUT2D eigenvalue weighted by atomic mass is 127. The molecule has 2 heterocycles. The molecule has 1 aliphatic heterocycles. The number of aryl methyl sites for hydroxylation is 1. The van der Waals surface area contributed by atoms with Crippen molar-refractivity contribution in [3.63, 3.8) is 0 Å². The van der Waals surface area contributed by atoms with Gasteiger partial charge in [-0.2, -0.15) is 0 Å². The molecule has 0 saturated carbocycles. The van der Waals surface area contributed by atoms with Crippen LogP contribution in [0.4, 0.5) is 5.95 Å². The smallest absolute Gasteiger partial charge is 0.225 e. The van der Waals surface area contributed by atoms with Gasteiger partial charge in [-0.15, -0.1) is 24.0 Å². The molecule has 2 aromatic rings. The Morgan fingerprint density at radius 1 is 1.12 bits per heavy atom. The molecule has 176 valence electrons. The predicted molar refractivity (Wildman–Crippen MR) is 139 cm³/mol. The molecular weight excluding hydrogens is 541 g/mol. The molecule has 1 aromatic heterocycles. The quantitative estimate of drug-likeness (QED) is 0.291. The Hall–Kier alpha value is -1.99. The van der Waals surface area contributed by atoms with Crippen LogP contribution in [0.2, 0.25) is 0 Å². The maximum atomic E-state index is 11.8. The van der Waals surface area contributed by atoms with Crippen LogP contribution in [0, 0.1) is 6.92 Å². The largest absolute Gasteiger partial charge is 0.355 e. The van der Waals surface area contributed by atoms with E-state index in [2.05, 4.69) is 35.4 Å². The van der Waals surface area contributed by atoms with Crippen molar-refractivity contribution in [2.75, 3.05) is 57.5 Å². The number of piperazine rings is 1. The monoisotopic (exact) mass is 573 g/mol. The second kappa shape index (κ2) is 12.3. The number of nitrogens with one attached hydrogen (secondary N) is 2. The number of benzene rings is 1. The number of hydrogen-bond acceptors (Lipinski definition) is 7. The van der Waals surface area contributed by atoms with Crippen molar-refractivity contribution in [3.8, 4) is 0 Å². The standard InChI is InChI=1S/C21H31N7O2S.HI/c1-17-15-18(5-6-19(17)31(3,29)30)16-26-20(22-2)23-9-10-27-11-13-28(14-12-27)21-24-7-4-8-25-21;/h4-8,15H,9-14,16H2,1-3H3,(H2,22,23,26);1H. The lowest BCUT2D eigenvalue weighted by Gasteiger charge is -2.34. The van der Waals surface area contributed by atoms with Gasteiger partial charge in [-0.3, -0.25) is 9.89 Å². The fraction of sp³-hybridized carbons (Fsp3) is 0.476. The Morgan fingerprint density at radius 3 is 2.41 bits per heavy atom. The molecule has 0 unspecified atom stereocenters. The highest BCUT2D eigenvalue weighted by Crippen LogP contribution is 2.16. The molecule has 1 aliphatic rings. The lowest BCUT2D eigenvalue weighted by atomic mass is 10.1. The van der Waals surface area contributed by atoms with E-state index in [0.717, 1.165) is 62.3 Å². The molecule has 2 N–H and O–H groups in total. The summed E-state index contributed by atoms with van der Waals surface area (Å²) in [6.45, 7) is 7.87. The molecule has 0 bridgehead atoms. The minimum absolute atomic E-state index is 0. The molecule has 1 saturated heterocycles. The Morgan fingerprint density at radius 2 is 1.81 bits per heavy atom. The maximum absolute atomic E-state index is 11.8. The number of anilines is 1. The van der Waals surface area contributed by atoms with Crippen LogP contribution in [0.1, 0.15) is 11.1 Å². The third kappa shape index (κ3) is 7.55. The molecule has 0 amide bonds. The zero-order chi connectivity index (χ0) is 22.3. The van der Waals surface area contributed by atoms with Gasteiger partial charge >= 0.3 is 0 Å². The molecule has 9 nitrogen and oxygen atoms in total. The van der Waals surface area contributed by atoms with Gasteiger partial charge in [0.1, 0.15) is 0 Å². The van der Waals surface area contributed by atoms with Crippen LogP contribution in [-0.4, -0.2) is 81.8 Å². The number of guanidine groups is 1. The summed E-state index contributed by atoms with van der Waals surface area (Å²) in [5.41, 5.74) is 1.76. The van der Waals surface area contributed by atoms with E-state index < -0.39 is 9.84 Å². The number of aliphatic imine (C=N–C) groups is 1. The minimum Gasteiger partial charge on any atom is -0.355 e. The Balaban J connectivity index is 0.00000363. The van der Waals surface area contributed by atoms with Crippen LogP contribution in [0.3, 0.4) is 0 Å². The number of hydrogen-bond donors (Lipinski definition) is 2. The van der Waals surface area contributed by atoms with Crippen molar-refractivity contribution < 1.29 is 8.42 Å². The first-order chi connectivity index (χ1) is 14.9. The fourth-order valence-corrected chi connectivity index (χ4v) is 4.56. The van der Waals surface area contributed by atoms with Crippen LogP contribution >= 0.6 is 24.0 Å². The van der Waals surface area contributed by atoms with E-state index in [4.69, 9.17) is 0 Å². The second-order valence-corrected chi connectivity index (χ2v) is 9.59. The topological polar surface area (TPSA) is 103 Å². The number of halogens is 1. The van der Waals surface area contributed by atoms with Gasteiger partial charge in [-0.25, -0.2) is 18.4 Å². The Kier molecular flexibility index (Phi) is 10.1. The van der Waals surface area contributed by atoms with Crippen LogP contribution in [0.5, 0.6) is 0 Å². The normalized spacial score (nSPS) is 15.2. The zero-order valence-electron chi connectivity index (χ0n) is 18.8. The van der Waals surface area contributed by atoms with Gasteiger partial charge < -0.3 is 15.5 Å². The lowest BCUT2D eigenvalue weighted by molar-refractivity contribution is 0.260. The van der Waals surface area contributed by atoms with Crippen molar-refractivity contribution in [3.05, 3.63) is 47.8 Å². The molecule has 3 rings (SSSR count). The lowest BCUT2D eigenvalue weighted by Crippen LogP contribution is -2.49. The van der Waals surface area contributed by atoms with Gasteiger partial charge in [0.05, 0.1) is 4.90 Å². The SMILES string of the molecule is CN=C(NCCN1CCN(c2ncccn2)CC1)NCc1ccc(S(C)(=O)=O)c(C)c1.I. The summed E-state index contributed by atoms with van der Waals surface area (Å²) in [6.07, 6.45) is 4.78. The van der Waals surface area contributed by atoms with Crippen LogP contribution in [0.25, 0.3) is 0 Å². The summed E-state index contributed by atoms with van der Waals surface area (Å²) in [5, 5.41) is 6.63. The van der Waals surface area contributed by atoms with E-state index in [1.54, 1.807) is 25.5 Å². The third-order valence-electron chi connectivity index (χ3n) is 5.25. The summed E-state index contributed by atoms with van der Waals surface area (Å²) in [6, 6.07) is 7.22. The van der Waals surface area contributed by atoms with Gasteiger partial charge in [0.15, 0.2) is 15.8 Å². The number of rotatable bonds is 7. The van der Waals surface area contributed by atoms with E-state index in [0.29, 0.717) is 11.4 Å². The highest BCUT2D eigenvalue weighted by Gasteiger charge is 2.18. The maximum Gasteiger partial charge on any atom is 0.225 e. The molecule has 0 atom stereocenters. The summed E-state index contributed by atoms with van der Waals surface area (Å²) >= 11 is 0. The van der Waals surface area contributed by atoms with E-state index in [-0.39, 0.29) is 24.0 Å². The first-order valence-electron chi connectivity index (χ1n) is 10.4. The van der Waals surface area contributed by atoms with Crippen molar-refractivity contribution >= 4 is 45.7 Å². The second-order valence-electron chi connectivity index (χ2n) is 7.60. The van der Waals surface area contributed by atoms with Crippen molar-refractivity contribution in [1.29, 1.82) is 0 Å². The van der Waals surface area contributed by atoms with Crippen LogP contribution in [0.15, 0.2) is 46.5 Å². The molecule has 11 heteroatoms. The Bertz CT molecular complexity index is 994. The summed E-state index contributed by atoms with van der Waals surface area (Å²) in [5.74, 6) is 1.52. The predicted octanol–water partition coefficient (Wildman–Crippen LogP) is 1.29. The molecule has 1 fully saturated rings. The van der Waals surface area contributed by atoms with E-state index in [1.165, 1.54) is 6.26 Å². The molecule has 0 aliphatic carbocycles. The first-order valence-corrected chi connectivity index (χ1v) is 12.2. The van der Waals surface area contributed by atoms with Crippen molar-refractivity contribution in [1.82, 2.24) is 25.5 Å². The average Bonchev–Trinajstić information content (AvgIpc) is 2.76. The van der Waals surface area contributed by atoms with E-state index in [9.17, 15) is 8.42 Å². The van der Waals surface area contributed by atoms with Gasteiger partial charge in [0.2, 0.25) is 5.95 Å². The molecule has 1 aromatic carbocycles. The number of aromatic nitrogens is 2. The third-order valence-corrected chi connectivity index (χ3v) is 6.51. The summed E-state index contributed by atoms with van der Waals surface area (Å²) < 4.78 is 23.5. The fourth-order valence-electron chi connectivity index (χ4n) is 3.60. The zero-order valence-corrected chi connectivity index (χ0v) is 21.9.